The molecule has 3 heterocycles. The minimum absolute atomic E-state index is 0.000844. The number of nitrogens with zero attached hydrogens (tertiary/aromatic N) is 6. The first-order valence-electron chi connectivity index (χ1n) is 12.4. The fourth-order valence-corrected chi connectivity index (χ4v) is 4.40. The van der Waals surface area contributed by atoms with Gasteiger partial charge in [0.15, 0.2) is 5.69 Å². The van der Waals surface area contributed by atoms with Gasteiger partial charge in [-0.1, -0.05) is 16.6 Å². The van der Waals surface area contributed by atoms with E-state index in [4.69, 9.17) is 4.74 Å². The van der Waals surface area contributed by atoms with Crippen molar-refractivity contribution in [2.75, 3.05) is 12.4 Å². The van der Waals surface area contributed by atoms with Gasteiger partial charge in [0.25, 0.3) is 5.91 Å². The Morgan fingerprint density at radius 3 is 2.70 bits per heavy atom. The van der Waals surface area contributed by atoms with Gasteiger partial charge in [-0.05, 0) is 30.7 Å². The number of halogens is 5. The standard InChI is InChI=1S/C25H23F5N8O4S/c1-41-17-6-7-31-16(10-17)11-32-23(40)20-13-38(37-34-20)12-15(26)2-5-22-35-36-24(43-22)33-21(39)9-14-8-18(3-4-19(14)27)42-25(28,29)30/h3-4,6-8,10,13,15H,2,5,9,11-12H2,1H3,(H,32,40)(H,33,36,39). The SMILES string of the molecule is COc1ccnc(CNC(=O)c2cn(CC(F)CCc3nnc(NC(=O)Cc4cc(OC(F)(F)F)ccc4F)s3)nn2)c1. The first kappa shape index (κ1) is 31.2. The van der Waals surface area contributed by atoms with Crippen LogP contribution >= 0.6 is 11.3 Å². The van der Waals surface area contributed by atoms with E-state index in [2.05, 4.69) is 40.9 Å². The van der Waals surface area contributed by atoms with Crippen molar-refractivity contribution in [2.24, 2.45) is 0 Å². The molecular formula is C25H23F5N8O4S. The van der Waals surface area contributed by atoms with Gasteiger partial charge in [0.05, 0.1) is 38.5 Å². The number of aromatic nitrogens is 6. The number of rotatable bonds is 13. The van der Waals surface area contributed by atoms with Crippen LogP contribution in [0, 0.1) is 5.82 Å². The molecule has 0 aliphatic rings. The fourth-order valence-electron chi connectivity index (χ4n) is 3.63. The Balaban J connectivity index is 1.21. The second-order valence-corrected chi connectivity index (χ2v) is 9.92. The van der Waals surface area contributed by atoms with Crippen molar-refractivity contribution in [2.45, 2.75) is 44.9 Å². The minimum atomic E-state index is -4.97. The summed E-state index contributed by atoms with van der Waals surface area (Å²) in [5.41, 5.74) is 0.257. The van der Waals surface area contributed by atoms with Crippen LogP contribution in [0.4, 0.5) is 27.1 Å². The molecule has 0 spiro atoms. The normalized spacial score (nSPS) is 12.0. The number of amides is 2. The van der Waals surface area contributed by atoms with Crippen LogP contribution in [0.3, 0.4) is 0 Å². The summed E-state index contributed by atoms with van der Waals surface area (Å²) in [6.07, 6.45) is -3.90. The van der Waals surface area contributed by atoms with E-state index < -0.39 is 42.3 Å². The van der Waals surface area contributed by atoms with Crippen LogP contribution in [0.1, 0.15) is 33.2 Å². The summed E-state index contributed by atoms with van der Waals surface area (Å²) in [6, 6.07) is 5.67. The lowest BCUT2D eigenvalue weighted by Crippen LogP contribution is -2.23. The molecule has 2 amide bonds. The van der Waals surface area contributed by atoms with Crippen LogP contribution in [0.15, 0.2) is 42.7 Å². The molecule has 0 saturated heterocycles. The van der Waals surface area contributed by atoms with Crippen molar-refractivity contribution in [3.05, 3.63) is 70.5 Å². The van der Waals surface area contributed by atoms with E-state index in [1.165, 1.54) is 18.0 Å². The maximum atomic E-state index is 14.6. The number of anilines is 1. The summed E-state index contributed by atoms with van der Waals surface area (Å²) in [5, 5.41) is 20.7. The molecule has 0 aliphatic carbocycles. The van der Waals surface area contributed by atoms with Gasteiger partial charge in [-0.3, -0.25) is 14.6 Å². The van der Waals surface area contributed by atoms with Crippen molar-refractivity contribution in [3.63, 3.8) is 0 Å². The Morgan fingerprint density at radius 2 is 1.93 bits per heavy atom. The first-order valence-corrected chi connectivity index (χ1v) is 13.3. The zero-order valence-electron chi connectivity index (χ0n) is 22.3. The molecule has 18 heteroatoms. The molecule has 43 heavy (non-hydrogen) atoms. The molecule has 12 nitrogen and oxygen atoms in total. The van der Waals surface area contributed by atoms with Crippen molar-refractivity contribution in [1.82, 2.24) is 35.5 Å². The average Bonchev–Trinajstić information content (AvgIpc) is 3.61. The molecule has 1 atom stereocenters. The highest BCUT2D eigenvalue weighted by Gasteiger charge is 2.31. The van der Waals surface area contributed by atoms with E-state index in [0.717, 1.165) is 29.5 Å². The highest BCUT2D eigenvalue weighted by atomic mass is 32.1. The Morgan fingerprint density at radius 1 is 1.12 bits per heavy atom. The van der Waals surface area contributed by atoms with Crippen molar-refractivity contribution >= 4 is 28.3 Å². The fraction of sp³-hybridized carbons (Fsp3) is 0.320. The number of carbonyl (C=O) groups excluding carboxylic acids is 2. The number of hydrogen-bond acceptors (Lipinski definition) is 10. The van der Waals surface area contributed by atoms with Crippen LogP contribution < -0.4 is 20.1 Å². The summed E-state index contributed by atoms with van der Waals surface area (Å²) in [6.45, 7) is -0.0529. The maximum Gasteiger partial charge on any atom is 0.573 e. The van der Waals surface area contributed by atoms with Gasteiger partial charge in [-0.2, -0.15) is 0 Å². The van der Waals surface area contributed by atoms with E-state index in [1.54, 1.807) is 18.3 Å². The van der Waals surface area contributed by atoms with E-state index in [1.807, 2.05) is 0 Å². The Hall–Kier alpha value is -4.74. The Kier molecular flexibility index (Phi) is 10.1. The number of benzene rings is 1. The van der Waals surface area contributed by atoms with Crippen molar-refractivity contribution in [1.29, 1.82) is 0 Å². The van der Waals surface area contributed by atoms with Gasteiger partial charge in [0.1, 0.15) is 28.5 Å². The summed E-state index contributed by atoms with van der Waals surface area (Å²) in [5.74, 6) is -2.22. The smallest absolute Gasteiger partial charge is 0.497 e. The predicted octanol–water partition coefficient (Wildman–Crippen LogP) is 3.65. The molecule has 0 aliphatic heterocycles. The van der Waals surface area contributed by atoms with E-state index in [-0.39, 0.29) is 42.3 Å². The maximum absolute atomic E-state index is 14.6. The number of pyridine rings is 1. The largest absolute Gasteiger partial charge is 0.573 e. The van der Waals surface area contributed by atoms with Crippen LogP contribution in [0.5, 0.6) is 11.5 Å². The summed E-state index contributed by atoms with van der Waals surface area (Å²) >= 11 is 0.960. The molecule has 2 N–H and O–H groups in total. The van der Waals surface area contributed by atoms with Gasteiger partial charge in [0.2, 0.25) is 11.0 Å². The van der Waals surface area contributed by atoms with E-state index in [9.17, 15) is 31.5 Å². The van der Waals surface area contributed by atoms with Gasteiger partial charge in [-0.25, -0.2) is 13.5 Å². The first-order chi connectivity index (χ1) is 20.5. The lowest BCUT2D eigenvalue weighted by Gasteiger charge is -2.10. The lowest BCUT2D eigenvalue weighted by molar-refractivity contribution is -0.274. The molecule has 4 rings (SSSR count). The van der Waals surface area contributed by atoms with Gasteiger partial charge < -0.3 is 20.1 Å². The van der Waals surface area contributed by atoms with Gasteiger partial charge in [0, 0.05) is 24.2 Å². The quantitative estimate of drug-likeness (QED) is 0.212. The third kappa shape index (κ3) is 9.66. The Labute approximate surface area is 244 Å². The Bertz CT molecular complexity index is 1560. The molecule has 228 valence electrons. The molecule has 0 fully saturated rings. The van der Waals surface area contributed by atoms with Crippen LogP contribution in [0.2, 0.25) is 0 Å². The van der Waals surface area contributed by atoms with Crippen molar-refractivity contribution < 1.29 is 41.0 Å². The average molecular weight is 627 g/mol. The molecule has 3 aromatic heterocycles. The topological polar surface area (TPSA) is 146 Å². The third-order valence-electron chi connectivity index (χ3n) is 5.60. The van der Waals surface area contributed by atoms with Crippen molar-refractivity contribution in [3.8, 4) is 11.5 Å². The molecule has 1 aromatic carbocycles. The van der Waals surface area contributed by atoms with Crippen LogP contribution in [-0.2, 0) is 30.7 Å². The summed E-state index contributed by atoms with van der Waals surface area (Å²) in [7, 11) is 1.51. The predicted molar refractivity (Wildman–Crippen MR) is 141 cm³/mol. The van der Waals surface area contributed by atoms with E-state index >= 15 is 0 Å². The minimum Gasteiger partial charge on any atom is -0.497 e. The molecule has 4 aromatic rings. The summed E-state index contributed by atoms with van der Waals surface area (Å²) in [4.78, 5) is 28.8. The number of nitrogens with one attached hydrogen (secondary N) is 2. The summed E-state index contributed by atoms with van der Waals surface area (Å²) < 4.78 is 75.9. The number of carbonyl (C=O) groups is 2. The van der Waals surface area contributed by atoms with Crippen LogP contribution in [0.25, 0.3) is 0 Å². The second kappa shape index (κ2) is 14.0. The number of methoxy groups -OCH3 is 1. The zero-order chi connectivity index (χ0) is 31.0. The zero-order valence-corrected chi connectivity index (χ0v) is 23.1. The molecular weight excluding hydrogens is 603 g/mol. The number of hydrogen-bond donors (Lipinski definition) is 2. The van der Waals surface area contributed by atoms with Gasteiger partial charge in [-0.15, -0.1) is 28.5 Å². The number of alkyl halides is 4. The monoisotopic (exact) mass is 626 g/mol. The molecule has 0 bridgehead atoms. The van der Waals surface area contributed by atoms with Gasteiger partial charge >= 0.3 is 6.36 Å². The number of aryl methyl sites for hydroxylation is 1. The second-order valence-electron chi connectivity index (χ2n) is 8.86. The molecule has 1 unspecified atom stereocenters. The van der Waals surface area contributed by atoms with E-state index in [0.29, 0.717) is 16.5 Å². The highest BCUT2D eigenvalue weighted by Crippen LogP contribution is 2.25. The lowest BCUT2D eigenvalue weighted by atomic mass is 10.1. The highest BCUT2D eigenvalue weighted by molar-refractivity contribution is 7.15. The molecule has 0 saturated carbocycles. The van der Waals surface area contributed by atoms with Crippen LogP contribution in [-0.4, -0.2) is 61.6 Å². The number of ether oxygens (including phenoxy) is 2. The third-order valence-corrected chi connectivity index (χ3v) is 6.50. The molecule has 0 radical (unpaired) electrons.